The number of hydrogen-bond donors (Lipinski definition) is 1. The van der Waals surface area contributed by atoms with Crippen molar-refractivity contribution in [1.82, 2.24) is 19.9 Å². The van der Waals surface area contributed by atoms with Crippen molar-refractivity contribution in [3.05, 3.63) is 58.5 Å². The molecule has 1 N–H and O–H groups in total. The first-order valence-corrected chi connectivity index (χ1v) is 10.3. The third-order valence-electron chi connectivity index (χ3n) is 5.09. The third kappa shape index (κ3) is 3.99. The predicted octanol–water partition coefficient (Wildman–Crippen LogP) is 4.20. The Morgan fingerprint density at radius 1 is 1.21 bits per heavy atom. The summed E-state index contributed by atoms with van der Waals surface area (Å²) in [5.74, 6) is 0.621. The number of benzene rings is 1. The molecular formula is C21H22BrN5O. The average Bonchev–Trinajstić information content (AvgIpc) is 2.72. The molecule has 0 spiro atoms. The highest BCUT2D eigenvalue weighted by atomic mass is 79.9. The fourth-order valence-electron chi connectivity index (χ4n) is 3.66. The number of rotatable bonds is 4. The van der Waals surface area contributed by atoms with Gasteiger partial charge in [-0.05, 0) is 54.2 Å². The van der Waals surface area contributed by atoms with Crippen LogP contribution in [0.15, 0.2) is 47.2 Å². The monoisotopic (exact) mass is 439 g/mol. The number of carbonyl (C=O) groups is 1. The second kappa shape index (κ2) is 8.22. The Hall–Kier alpha value is -2.54. The molecule has 1 fully saturated rings. The summed E-state index contributed by atoms with van der Waals surface area (Å²) in [6.45, 7) is 3.34. The minimum atomic E-state index is 0.0481. The van der Waals surface area contributed by atoms with Crippen LogP contribution < -0.4 is 5.32 Å². The molecule has 0 saturated carbocycles. The van der Waals surface area contributed by atoms with Crippen LogP contribution in [0.5, 0.6) is 0 Å². The second-order valence-corrected chi connectivity index (χ2v) is 8.00. The van der Waals surface area contributed by atoms with Gasteiger partial charge in [-0.15, -0.1) is 0 Å². The number of piperidine rings is 1. The molecular weight excluding hydrogens is 418 g/mol. The number of carbonyl (C=O) groups excluding carboxylic acids is 1. The third-order valence-corrected chi connectivity index (χ3v) is 5.50. The molecule has 28 heavy (non-hydrogen) atoms. The van der Waals surface area contributed by atoms with Gasteiger partial charge in [0.05, 0.1) is 15.6 Å². The van der Waals surface area contributed by atoms with Crippen LogP contribution in [0.4, 0.5) is 5.95 Å². The van der Waals surface area contributed by atoms with Gasteiger partial charge in [-0.2, -0.15) is 0 Å². The first-order chi connectivity index (χ1) is 13.6. The van der Waals surface area contributed by atoms with E-state index in [0.717, 1.165) is 46.9 Å². The van der Waals surface area contributed by atoms with Crippen molar-refractivity contribution in [2.75, 3.05) is 18.4 Å². The lowest BCUT2D eigenvalue weighted by Crippen LogP contribution is -2.47. The molecule has 1 atom stereocenters. The lowest BCUT2D eigenvalue weighted by Gasteiger charge is -2.36. The number of pyridine rings is 1. The van der Waals surface area contributed by atoms with Crippen molar-refractivity contribution in [2.45, 2.75) is 32.2 Å². The minimum Gasteiger partial charge on any atom is -0.352 e. The van der Waals surface area contributed by atoms with E-state index in [1.165, 1.54) is 0 Å². The molecule has 3 aromatic rings. The maximum atomic E-state index is 13.4. The van der Waals surface area contributed by atoms with E-state index in [0.29, 0.717) is 18.1 Å². The summed E-state index contributed by atoms with van der Waals surface area (Å²) in [5, 5.41) is 4.26. The van der Waals surface area contributed by atoms with E-state index in [1.807, 2.05) is 42.2 Å². The van der Waals surface area contributed by atoms with E-state index in [-0.39, 0.29) is 11.9 Å². The van der Waals surface area contributed by atoms with Gasteiger partial charge in [0.25, 0.3) is 5.91 Å². The molecule has 0 bridgehead atoms. The van der Waals surface area contributed by atoms with Gasteiger partial charge in [-0.3, -0.25) is 9.78 Å². The number of anilines is 1. The van der Waals surface area contributed by atoms with Crippen molar-refractivity contribution in [2.24, 2.45) is 0 Å². The number of aryl methyl sites for hydroxylation is 1. The summed E-state index contributed by atoms with van der Waals surface area (Å²) in [4.78, 5) is 28.5. The molecule has 1 aromatic carbocycles. The van der Waals surface area contributed by atoms with Crippen molar-refractivity contribution in [3.8, 4) is 0 Å². The summed E-state index contributed by atoms with van der Waals surface area (Å²) < 4.78 is 0.839. The number of nitrogens with one attached hydrogen (secondary N) is 1. The minimum absolute atomic E-state index is 0.0481. The molecule has 4 rings (SSSR count). The van der Waals surface area contributed by atoms with Gasteiger partial charge in [0.15, 0.2) is 0 Å². The lowest BCUT2D eigenvalue weighted by molar-refractivity contribution is 0.0630. The molecule has 6 nitrogen and oxygen atoms in total. The van der Waals surface area contributed by atoms with Crippen LogP contribution in [0.1, 0.15) is 35.3 Å². The van der Waals surface area contributed by atoms with Gasteiger partial charge in [-0.25, -0.2) is 9.97 Å². The van der Waals surface area contributed by atoms with Gasteiger partial charge in [0.2, 0.25) is 5.95 Å². The van der Waals surface area contributed by atoms with Gasteiger partial charge >= 0.3 is 0 Å². The molecule has 7 heteroatoms. The summed E-state index contributed by atoms with van der Waals surface area (Å²) >= 11 is 3.34. The summed E-state index contributed by atoms with van der Waals surface area (Å²) in [6.07, 6.45) is 6.53. The zero-order valence-electron chi connectivity index (χ0n) is 15.7. The number of halogens is 1. The van der Waals surface area contributed by atoms with Crippen molar-refractivity contribution >= 4 is 38.7 Å². The highest BCUT2D eigenvalue weighted by Crippen LogP contribution is 2.24. The molecule has 1 aliphatic rings. The van der Waals surface area contributed by atoms with Gasteiger partial charge in [0, 0.05) is 42.6 Å². The fraction of sp³-hybridized carbons (Fsp3) is 0.333. The van der Waals surface area contributed by atoms with Crippen LogP contribution in [-0.2, 0) is 0 Å². The SMILES string of the molecule is Cc1ccc2cccc(C(=O)N3CCCCC3CNc3ncc(Br)cn3)c2n1. The molecule has 2 aromatic heterocycles. The quantitative estimate of drug-likeness (QED) is 0.659. The average molecular weight is 440 g/mol. The standard InChI is InChI=1S/C21H22BrN5O/c1-14-8-9-15-5-4-7-18(19(15)26-14)20(28)27-10-3-2-6-17(27)13-25-21-23-11-16(22)12-24-21/h4-5,7-9,11-12,17H,2-3,6,10,13H2,1H3,(H,23,24,25). The normalized spacial score (nSPS) is 16.9. The van der Waals surface area contributed by atoms with Crippen LogP contribution >= 0.6 is 15.9 Å². The predicted molar refractivity (Wildman–Crippen MR) is 113 cm³/mol. The topological polar surface area (TPSA) is 71.0 Å². The molecule has 1 aliphatic heterocycles. The highest BCUT2D eigenvalue weighted by Gasteiger charge is 2.28. The van der Waals surface area contributed by atoms with E-state index in [1.54, 1.807) is 12.4 Å². The lowest BCUT2D eigenvalue weighted by atomic mass is 9.99. The number of hydrogen-bond acceptors (Lipinski definition) is 5. The summed E-state index contributed by atoms with van der Waals surface area (Å²) in [5.41, 5.74) is 2.37. The van der Waals surface area contributed by atoms with Crippen LogP contribution in [0.3, 0.4) is 0 Å². The van der Waals surface area contributed by atoms with Crippen LogP contribution in [0.25, 0.3) is 10.9 Å². The summed E-state index contributed by atoms with van der Waals surface area (Å²) in [6, 6.07) is 9.91. The number of amides is 1. The molecule has 0 radical (unpaired) electrons. The highest BCUT2D eigenvalue weighted by molar-refractivity contribution is 9.10. The van der Waals surface area contributed by atoms with Crippen LogP contribution in [0.2, 0.25) is 0 Å². The Morgan fingerprint density at radius 2 is 2.04 bits per heavy atom. The van der Waals surface area contributed by atoms with Gasteiger partial charge in [0.1, 0.15) is 0 Å². The van der Waals surface area contributed by atoms with Crippen molar-refractivity contribution in [1.29, 1.82) is 0 Å². The molecule has 0 aliphatic carbocycles. The van der Waals surface area contributed by atoms with E-state index in [9.17, 15) is 4.79 Å². The Bertz CT molecular complexity index is 992. The number of nitrogens with zero attached hydrogens (tertiary/aromatic N) is 4. The largest absolute Gasteiger partial charge is 0.352 e. The second-order valence-electron chi connectivity index (χ2n) is 7.08. The van der Waals surface area contributed by atoms with Gasteiger partial charge in [-0.1, -0.05) is 18.2 Å². The number of fused-ring (bicyclic) bond motifs is 1. The molecule has 144 valence electrons. The molecule has 1 saturated heterocycles. The smallest absolute Gasteiger partial charge is 0.256 e. The maximum absolute atomic E-state index is 13.4. The first-order valence-electron chi connectivity index (χ1n) is 9.50. The number of likely N-dealkylation sites (tertiary alicyclic amines) is 1. The van der Waals surface area contributed by atoms with Crippen LogP contribution in [0, 0.1) is 6.92 Å². The number of para-hydroxylation sites is 1. The van der Waals surface area contributed by atoms with Crippen molar-refractivity contribution in [3.63, 3.8) is 0 Å². The first kappa shape index (κ1) is 18.8. The van der Waals surface area contributed by atoms with Crippen molar-refractivity contribution < 1.29 is 4.79 Å². The van der Waals surface area contributed by atoms with E-state index >= 15 is 0 Å². The van der Waals surface area contributed by atoms with E-state index in [2.05, 4.69) is 36.2 Å². The maximum Gasteiger partial charge on any atom is 0.256 e. The Labute approximate surface area is 172 Å². The van der Waals surface area contributed by atoms with Gasteiger partial charge < -0.3 is 10.2 Å². The molecule has 1 amide bonds. The Balaban J connectivity index is 1.56. The Morgan fingerprint density at radius 3 is 2.86 bits per heavy atom. The fourth-order valence-corrected chi connectivity index (χ4v) is 3.87. The van der Waals surface area contributed by atoms with E-state index in [4.69, 9.17) is 0 Å². The zero-order chi connectivity index (χ0) is 19.5. The van der Waals surface area contributed by atoms with E-state index < -0.39 is 0 Å². The van der Waals surface area contributed by atoms with Crippen LogP contribution in [-0.4, -0.2) is 44.9 Å². The number of aromatic nitrogens is 3. The Kier molecular flexibility index (Phi) is 5.52. The zero-order valence-corrected chi connectivity index (χ0v) is 17.3. The molecule has 3 heterocycles. The molecule has 1 unspecified atom stereocenters. The summed E-state index contributed by atoms with van der Waals surface area (Å²) in [7, 11) is 0.